The molecule has 1 atom stereocenters. The standard InChI is InChI=1S/C22H27NO/c1-15-7-8-18(13-16(15)2)9-12-22(24)23-17(3)20-11-10-19-5-4-6-21(19)14-20/h7-8,10-11,13-14,17H,4-6,9,12H2,1-3H3,(H,23,24)/t17-/m0/s1. The first-order valence-corrected chi connectivity index (χ1v) is 9.00. The van der Waals surface area contributed by atoms with Gasteiger partial charge in [0.1, 0.15) is 0 Å². The molecule has 1 amide bonds. The second kappa shape index (κ2) is 7.21. The van der Waals surface area contributed by atoms with Crippen molar-refractivity contribution in [2.75, 3.05) is 0 Å². The molecule has 2 heteroatoms. The Labute approximate surface area is 145 Å². The number of hydrogen-bond acceptors (Lipinski definition) is 1. The third-order valence-electron chi connectivity index (χ3n) is 5.21. The summed E-state index contributed by atoms with van der Waals surface area (Å²) in [6, 6.07) is 13.2. The normalized spacial score (nSPS) is 14.3. The largest absolute Gasteiger partial charge is 0.350 e. The second-order valence-corrected chi connectivity index (χ2v) is 7.09. The van der Waals surface area contributed by atoms with Crippen LogP contribution in [0.1, 0.15) is 59.2 Å². The topological polar surface area (TPSA) is 29.1 Å². The van der Waals surface area contributed by atoms with Crippen LogP contribution in [0.2, 0.25) is 0 Å². The van der Waals surface area contributed by atoms with Crippen molar-refractivity contribution in [3.63, 3.8) is 0 Å². The number of fused-ring (bicyclic) bond motifs is 1. The van der Waals surface area contributed by atoms with Gasteiger partial charge in [0.2, 0.25) is 5.91 Å². The number of aryl methyl sites for hydroxylation is 5. The van der Waals surface area contributed by atoms with Crippen LogP contribution in [-0.4, -0.2) is 5.91 Å². The number of benzene rings is 2. The minimum Gasteiger partial charge on any atom is -0.350 e. The zero-order valence-corrected chi connectivity index (χ0v) is 15.0. The summed E-state index contributed by atoms with van der Waals surface area (Å²) in [7, 11) is 0. The quantitative estimate of drug-likeness (QED) is 0.856. The third-order valence-corrected chi connectivity index (χ3v) is 5.21. The Kier molecular flexibility index (Phi) is 5.03. The van der Waals surface area contributed by atoms with Crippen molar-refractivity contribution in [1.29, 1.82) is 0 Å². The summed E-state index contributed by atoms with van der Waals surface area (Å²) in [5, 5.41) is 3.14. The molecule has 0 unspecified atom stereocenters. The maximum Gasteiger partial charge on any atom is 0.220 e. The van der Waals surface area contributed by atoms with Gasteiger partial charge in [0.05, 0.1) is 6.04 Å². The molecule has 126 valence electrons. The van der Waals surface area contributed by atoms with Crippen molar-refractivity contribution in [2.45, 2.75) is 58.9 Å². The lowest BCUT2D eigenvalue weighted by atomic mass is 10.0. The molecule has 1 aliphatic carbocycles. The van der Waals surface area contributed by atoms with E-state index in [-0.39, 0.29) is 11.9 Å². The maximum atomic E-state index is 12.3. The van der Waals surface area contributed by atoms with E-state index in [2.05, 4.69) is 62.5 Å². The molecule has 0 aromatic heterocycles. The summed E-state index contributed by atoms with van der Waals surface area (Å²) in [4.78, 5) is 12.3. The molecule has 0 bridgehead atoms. The molecule has 0 saturated carbocycles. The average molecular weight is 321 g/mol. The van der Waals surface area contributed by atoms with Crippen molar-refractivity contribution in [3.05, 3.63) is 69.8 Å². The highest BCUT2D eigenvalue weighted by atomic mass is 16.1. The molecule has 2 aromatic carbocycles. The molecule has 24 heavy (non-hydrogen) atoms. The first-order chi connectivity index (χ1) is 11.5. The van der Waals surface area contributed by atoms with E-state index < -0.39 is 0 Å². The fraction of sp³-hybridized carbons (Fsp3) is 0.409. The summed E-state index contributed by atoms with van der Waals surface area (Å²) >= 11 is 0. The van der Waals surface area contributed by atoms with Gasteiger partial charge in [0, 0.05) is 6.42 Å². The molecule has 0 spiro atoms. The van der Waals surface area contributed by atoms with Crippen LogP contribution in [0.15, 0.2) is 36.4 Å². The Morgan fingerprint density at radius 3 is 2.62 bits per heavy atom. The Bertz CT molecular complexity index is 748. The van der Waals surface area contributed by atoms with E-state index in [1.54, 1.807) is 0 Å². The lowest BCUT2D eigenvalue weighted by Crippen LogP contribution is -2.26. The van der Waals surface area contributed by atoms with Gasteiger partial charge in [-0.1, -0.05) is 36.4 Å². The number of rotatable bonds is 5. The van der Waals surface area contributed by atoms with E-state index in [0.29, 0.717) is 6.42 Å². The van der Waals surface area contributed by atoms with Crippen LogP contribution in [0, 0.1) is 13.8 Å². The molecule has 0 aliphatic heterocycles. The van der Waals surface area contributed by atoms with Crippen LogP contribution in [0.4, 0.5) is 0 Å². The van der Waals surface area contributed by atoms with Crippen molar-refractivity contribution >= 4 is 5.91 Å². The predicted molar refractivity (Wildman–Crippen MR) is 99.3 cm³/mol. The van der Waals surface area contributed by atoms with Crippen LogP contribution in [0.5, 0.6) is 0 Å². The van der Waals surface area contributed by atoms with Gasteiger partial charge in [-0.05, 0) is 79.8 Å². The van der Waals surface area contributed by atoms with E-state index in [4.69, 9.17) is 0 Å². The Hall–Kier alpha value is -2.09. The van der Waals surface area contributed by atoms with E-state index in [0.717, 1.165) is 6.42 Å². The number of amides is 1. The fourth-order valence-corrected chi connectivity index (χ4v) is 3.47. The summed E-state index contributed by atoms with van der Waals surface area (Å²) in [5.74, 6) is 0.126. The lowest BCUT2D eigenvalue weighted by Gasteiger charge is -2.16. The minimum atomic E-state index is 0.0724. The van der Waals surface area contributed by atoms with Crippen molar-refractivity contribution in [1.82, 2.24) is 5.32 Å². The molecule has 1 N–H and O–H groups in total. The molecule has 2 aromatic rings. The highest BCUT2D eigenvalue weighted by Crippen LogP contribution is 2.25. The van der Waals surface area contributed by atoms with Crippen LogP contribution >= 0.6 is 0 Å². The van der Waals surface area contributed by atoms with Gasteiger partial charge in [0.15, 0.2) is 0 Å². The van der Waals surface area contributed by atoms with Crippen LogP contribution in [0.3, 0.4) is 0 Å². The molecular weight excluding hydrogens is 294 g/mol. The van der Waals surface area contributed by atoms with Crippen molar-refractivity contribution in [2.24, 2.45) is 0 Å². The van der Waals surface area contributed by atoms with Gasteiger partial charge < -0.3 is 5.32 Å². The molecular formula is C22H27NO. The summed E-state index contributed by atoms with van der Waals surface area (Å²) in [6.45, 7) is 6.31. The Morgan fingerprint density at radius 1 is 1.04 bits per heavy atom. The number of hydrogen-bond donors (Lipinski definition) is 1. The minimum absolute atomic E-state index is 0.0724. The monoisotopic (exact) mass is 321 g/mol. The van der Waals surface area contributed by atoms with Gasteiger partial charge in [-0.25, -0.2) is 0 Å². The summed E-state index contributed by atoms with van der Waals surface area (Å²) in [6.07, 6.45) is 4.97. The van der Waals surface area contributed by atoms with Gasteiger partial charge in [-0.2, -0.15) is 0 Å². The number of carbonyl (C=O) groups excluding carboxylic acids is 1. The Balaban J connectivity index is 1.55. The first-order valence-electron chi connectivity index (χ1n) is 9.00. The smallest absolute Gasteiger partial charge is 0.220 e. The summed E-state index contributed by atoms with van der Waals surface area (Å²) < 4.78 is 0. The third kappa shape index (κ3) is 3.87. The highest BCUT2D eigenvalue weighted by molar-refractivity contribution is 5.76. The van der Waals surface area contributed by atoms with Gasteiger partial charge in [-0.15, -0.1) is 0 Å². The van der Waals surface area contributed by atoms with E-state index in [1.165, 1.54) is 52.6 Å². The molecule has 1 aliphatic rings. The number of nitrogens with one attached hydrogen (secondary N) is 1. The average Bonchev–Trinajstić information content (AvgIpc) is 3.03. The molecule has 0 radical (unpaired) electrons. The molecule has 0 fully saturated rings. The highest BCUT2D eigenvalue weighted by Gasteiger charge is 2.15. The van der Waals surface area contributed by atoms with Crippen LogP contribution in [-0.2, 0) is 24.1 Å². The number of carbonyl (C=O) groups is 1. The van der Waals surface area contributed by atoms with Crippen LogP contribution < -0.4 is 5.32 Å². The predicted octanol–water partition coefficient (Wildman–Crippen LogP) is 4.60. The zero-order chi connectivity index (χ0) is 17.1. The van der Waals surface area contributed by atoms with E-state index in [1.807, 2.05) is 0 Å². The first kappa shape index (κ1) is 16.8. The van der Waals surface area contributed by atoms with Gasteiger partial charge in [0.25, 0.3) is 0 Å². The van der Waals surface area contributed by atoms with Crippen molar-refractivity contribution in [3.8, 4) is 0 Å². The van der Waals surface area contributed by atoms with Crippen LogP contribution in [0.25, 0.3) is 0 Å². The zero-order valence-electron chi connectivity index (χ0n) is 15.0. The fourth-order valence-electron chi connectivity index (χ4n) is 3.47. The van der Waals surface area contributed by atoms with E-state index >= 15 is 0 Å². The SMILES string of the molecule is Cc1ccc(CCC(=O)N[C@@H](C)c2ccc3c(c2)CCC3)cc1C. The van der Waals surface area contributed by atoms with Crippen molar-refractivity contribution < 1.29 is 4.79 Å². The molecule has 0 saturated heterocycles. The molecule has 2 nitrogen and oxygen atoms in total. The molecule has 3 rings (SSSR count). The van der Waals surface area contributed by atoms with Gasteiger partial charge in [-0.3, -0.25) is 4.79 Å². The molecule has 0 heterocycles. The maximum absolute atomic E-state index is 12.3. The summed E-state index contributed by atoms with van der Waals surface area (Å²) in [5.41, 5.74) is 7.98. The van der Waals surface area contributed by atoms with Gasteiger partial charge >= 0.3 is 0 Å². The Morgan fingerprint density at radius 2 is 1.83 bits per heavy atom. The lowest BCUT2D eigenvalue weighted by molar-refractivity contribution is -0.121. The van der Waals surface area contributed by atoms with E-state index in [9.17, 15) is 4.79 Å². The second-order valence-electron chi connectivity index (χ2n) is 7.09.